The van der Waals surface area contributed by atoms with E-state index in [1.807, 2.05) is 0 Å². The molecule has 0 spiro atoms. The standard InChI is InChI=1S/C19H22ClN3O2S/c20-15-3-5-16(6-4-15)22-19(25)18(24)21-12-14-7-9-23(10-8-14)13-17-2-1-11-26-17/h1-6,11,14H,7-10,12-13H2,(H,21,24)(H,22,25). The number of anilines is 1. The number of halogens is 1. The molecule has 1 aliphatic heterocycles. The predicted molar refractivity (Wildman–Crippen MR) is 105 cm³/mol. The highest BCUT2D eigenvalue weighted by Gasteiger charge is 2.21. The van der Waals surface area contributed by atoms with Crippen molar-refractivity contribution in [3.63, 3.8) is 0 Å². The van der Waals surface area contributed by atoms with Crippen molar-refractivity contribution < 1.29 is 9.59 Å². The highest BCUT2D eigenvalue weighted by atomic mass is 35.5. The molecule has 5 nitrogen and oxygen atoms in total. The third kappa shape index (κ3) is 5.56. The second-order valence-electron chi connectivity index (χ2n) is 6.47. The molecule has 2 amide bonds. The van der Waals surface area contributed by atoms with E-state index >= 15 is 0 Å². The first kappa shape index (κ1) is 18.9. The lowest BCUT2D eigenvalue weighted by Crippen LogP contribution is -2.41. The third-order valence-electron chi connectivity index (χ3n) is 4.53. The van der Waals surface area contributed by atoms with Gasteiger partial charge in [0.2, 0.25) is 0 Å². The average molecular weight is 392 g/mol. The number of hydrogen-bond donors (Lipinski definition) is 2. The van der Waals surface area contributed by atoms with Crippen molar-refractivity contribution in [1.29, 1.82) is 0 Å². The van der Waals surface area contributed by atoms with Crippen LogP contribution in [0.2, 0.25) is 5.02 Å². The van der Waals surface area contributed by atoms with Crippen LogP contribution >= 0.6 is 22.9 Å². The van der Waals surface area contributed by atoms with Gasteiger partial charge in [-0.2, -0.15) is 0 Å². The molecule has 0 radical (unpaired) electrons. The molecule has 2 heterocycles. The fraction of sp³-hybridized carbons (Fsp3) is 0.368. The van der Waals surface area contributed by atoms with Crippen LogP contribution in [0, 0.1) is 5.92 Å². The number of piperidine rings is 1. The van der Waals surface area contributed by atoms with E-state index in [9.17, 15) is 9.59 Å². The number of hydrogen-bond acceptors (Lipinski definition) is 4. The van der Waals surface area contributed by atoms with Crippen molar-refractivity contribution >= 4 is 40.4 Å². The number of nitrogens with zero attached hydrogens (tertiary/aromatic N) is 1. The molecule has 1 fully saturated rings. The number of carbonyl (C=O) groups excluding carboxylic acids is 2. The quantitative estimate of drug-likeness (QED) is 0.768. The molecule has 2 aromatic rings. The van der Waals surface area contributed by atoms with E-state index in [2.05, 4.69) is 33.0 Å². The Labute approximate surface area is 162 Å². The van der Waals surface area contributed by atoms with Crippen molar-refractivity contribution in [3.8, 4) is 0 Å². The summed E-state index contributed by atoms with van der Waals surface area (Å²) >= 11 is 7.59. The Bertz CT molecular complexity index is 726. The van der Waals surface area contributed by atoms with E-state index < -0.39 is 11.8 Å². The molecule has 138 valence electrons. The Morgan fingerprint density at radius 2 is 1.85 bits per heavy atom. The van der Waals surface area contributed by atoms with Crippen molar-refractivity contribution in [2.24, 2.45) is 5.92 Å². The fourth-order valence-corrected chi connectivity index (χ4v) is 3.88. The first-order valence-electron chi connectivity index (χ1n) is 8.69. The van der Waals surface area contributed by atoms with Crippen LogP contribution < -0.4 is 10.6 Å². The third-order valence-corrected chi connectivity index (χ3v) is 5.64. The van der Waals surface area contributed by atoms with Gasteiger partial charge in [-0.3, -0.25) is 14.5 Å². The maximum atomic E-state index is 12.0. The predicted octanol–water partition coefficient (Wildman–Crippen LogP) is 3.37. The summed E-state index contributed by atoms with van der Waals surface area (Å²) in [5, 5.41) is 8.01. The Balaban J connectivity index is 1.36. The maximum absolute atomic E-state index is 12.0. The molecule has 1 aliphatic rings. The van der Waals surface area contributed by atoms with Gasteiger partial charge < -0.3 is 10.6 Å². The van der Waals surface area contributed by atoms with E-state index in [0.717, 1.165) is 32.5 Å². The molecule has 0 atom stereocenters. The van der Waals surface area contributed by atoms with Gasteiger partial charge in [0.15, 0.2) is 0 Å². The molecule has 1 aromatic heterocycles. The Morgan fingerprint density at radius 1 is 1.12 bits per heavy atom. The van der Waals surface area contributed by atoms with E-state index in [1.54, 1.807) is 35.6 Å². The Morgan fingerprint density at radius 3 is 2.50 bits per heavy atom. The molecule has 1 saturated heterocycles. The second-order valence-corrected chi connectivity index (χ2v) is 7.94. The topological polar surface area (TPSA) is 61.4 Å². The summed E-state index contributed by atoms with van der Waals surface area (Å²) in [7, 11) is 0. The minimum Gasteiger partial charge on any atom is -0.348 e. The van der Waals surface area contributed by atoms with Crippen molar-refractivity contribution in [2.45, 2.75) is 19.4 Å². The van der Waals surface area contributed by atoms with Crippen molar-refractivity contribution in [1.82, 2.24) is 10.2 Å². The molecular formula is C19H22ClN3O2S. The molecule has 0 aliphatic carbocycles. The van der Waals surface area contributed by atoms with Gasteiger partial charge in [0.25, 0.3) is 0 Å². The van der Waals surface area contributed by atoms with E-state index in [-0.39, 0.29) is 0 Å². The molecule has 0 bridgehead atoms. The molecule has 1 aromatic carbocycles. The van der Waals surface area contributed by atoms with Crippen LogP contribution in [0.1, 0.15) is 17.7 Å². The van der Waals surface area contributed by atoms with Crippen LogP contribution in [-0.2, 0) is 16.1 Å². The molecule has 3 rings (SSSR count). The van der Waals surface area contributed by atoms with E-state index in [4.69, 9.17) is 11.6 Å². The minimum absolute atomic E-state index is 0.418. The number of likely N-dealkylation sites (tertiary alicyclic amines) is 1. The Kier molecular flexibility index (Phi) is 6.66. The minimum atomic E-state index is -0.651. The zero-order valence-corrected chi connectivity index (χ0v) is 16.0. The van der Waals surface area contributed by atoms with Gasteiger partial charge in [-0.1, -0.05) is 17.7 Å². The first-order chi connectivity index (χ1) is 12.6. The normalized spacial score (nSPS) is 15.6. The van der Waals surface area contributed by atoms with Gasteiger partial charge in [0, 0.05) is 28.7 Å². The zero-order valence-electron chi connectivity index (χ0n) is 14.4. The number of thiophene rings is 1. The SMILES string of the molecule is O=C(NCC1CCN(Cc2cccs2)CC1)C(=O)Nc1ccc(Cl)cc1. The van der Waals surface area contributed by atoms with Crippen LogP contribution in [0.5, 0.6) is 0 Å². The number of benzene rings is 1. The van der Waals surface area contributed by atoms with Gasteiger partial charge >= 0.3 is 11.8 Å². The van der Waals surface area contributed by atoms with Crippen LogP contribution in [-0.4, -0.2) is 36.3 Å². The lowest BCUT2D eigenvalue weighted by Gasteiger charge is -2.31. The van der Waals surface area contributed by atoms with E-state index in [1.165, 1.54) is 4.88 Å². The van der Waals surface area contributed by atoms with Gasteiger partial charge in [-0.25, -0.2) is 0 Å². The summed E-state index contributed by atoms with van der Waals surface area (Å²) in [5.74, 6) is -0.828. The first-order valence-corrected chi connectivity index (χ1v) is 9.95. The summed E-state index contributed by atoms with van der Waals surface area (Å²) < 4.78 is 0. The van der Waals surface area contributed by atoms with Crippen molar-refractivity contribution in [3.05, 3.63) is 51.7 Å². The lowest BCUT2D eigenvalue weighted by atomic mass is 9.97. The van der Waals surface area contributed by atoms with E-state index in [0.29, 0.717) is 23.2 Å². The largest absolute Gasteiger partial charge is 0.348 e. The number of carbonyl (C=O) groups is 2. The lowest BCUT2D eigenvalue weighted by molar-refractivity contribution is -0.136. The van der Waals surface area contributed by atoms with Crippen LogP contribution in [0.25, 0.3) is 0 Å². The summed E-state index contributed by atoms with van der Waals surface area (Å²) in [6, 6.07) is 10.9. The summed E-state index contributed by atoms with van der Waals surface area (Å²) in [6.45, 7) is 3.59. The van der Waals surface area contributed by atoms with Crippen LogP contribution in [0.4, 0.5) is 5.69 Å². The molecule has 0 unspecified atom stereocenters. The maximum Gasteiger partial charge on any atom is 0.313 e. The Hall–Kier alpha value is -1.89. The summed E-state index contributed by atoms with van der Waals surface area (Å²) in [6.07, 6.45) is 2.06. The summed E-state index contributed by atoms with van der Waals surface area (Å²) in [5.41, 5.74) is 0.552. The van der Waals surface area contributed by atoms with Crippen LogP contribution in [0.15, 0.2) is 41.8 Å². The number of nitrogens with one attached hydrogen (secondary N) is 2. The number of amides is 2. The van der Waals surface area contributed by atoms with Crippen molar-refractivity contribution in [2.75, 3.05) is 25.0 Å². The van der Waals surface area contributed by atoms with Crippen LogP contribution in [0.3, 0.4) is 0 Å². The van der Waals surface area contributed by atoms with Gasteiger partial charge in [0.1, 0.15) is 0 Å². The molecule has 0 saturated carbocycles. The smallest absolute Gasteiger partial charge is 0.313 e. The zero-order chi connectivity index (χ0) is 18.4. The summed E-state index contributed by atoms with van der Waals surface area (Å²) in [4.78, 5) is 27.7. The molecule has 2 N–H and O–H groups in total. The molecule has 7 heteroatoms. The molecule has 26 heavy (non-hydrogen) atoms. The highest BCUT2D eigenvalue weighted by Crippen LogP contribution is 2.20. The highest BCUT2D eigenvalue weighted by molar-refractivity contribution is 7.09. The second kappa shape index (κ2) is 9.16. The van der Waals surface area contributed by atoms with Gasteiger partial charge in [0.05, 0.1) is 0 Å². The van der Waals surface area contributed by atoms with Gasteiger partial charge in [-0.05, 0) is 67.6 Å². The fourth-order valence-electron chi connectivity index (χ4n) is 3.01. The average Bonchev–Trinajstić information content (AvgIpc) is 3.16. The molecular weight excluding hydrogens is 370 g/mol. The number of rotatable bonds is 5. The van der Waals surface area contributed by atoms with Gasteiger partial charge in [-0.15, -0.1) is 11.3 Å². The monoisotopic (exact) mass is 391 g/mol.